The zero-order valence-electron chi connectivity index (χ0n) is 12.4. The van der Waals surface area contributed by atoms with E-state index in [1.54, 1.807) is 12.1 Å². The molecule has 0 spiro atoms. The van der Waals surface area contributed by atoms with Crippen LogP contribution in [0.5, 0.6) is 0 Å². The molecule has 0 atom stereocenters. The molecule has 118 valence electrons. The van der Waals surface area contributed by atoms with E-state index in [1.165, 1.54) is 12.1 Å². The van der Waals surface area contributed by atoms with Gasteiger partial charge in [-0.05, 0) is 30.8 Å². The molecule has 0 aliphatic carbocycles. The number of nitrogens with one attached hydrogen (secondary N) is 1. The minimum atomic E-state index is -3.46. The van der Waals surface area contributed by atoms with Gasteiger partial charge in [0.15, 0.2) is 0 Å². The summed E-state index contributed by atoms with van der Waals surface area (Å²) in [5.74, 6) is -1.28. The highest BCUT2D eigenvalue weighted by Crippen LogP contribution is 2.08. The van der Waals surface area contributed by atoms with Gasteiger partial charge in [-0.2, -0.15) is 0 Å². The Labute approximate surface area is 125 Å². The van der Waals surface area contributed by atoms with Crippen LogP contribution in [-0.2, 0) is 15.8 Å². The van der Waals surface area contributed by atoms with Crippen LogP contribution < -0.4 is 4.72 Å². The lowest BCUT2D eigenvalue weighted by atomic mass is 10.1. The van der Waals surface area contributed by atoms with Crippen LogP contribution in [0.25, 0.3) is 0 Å². The van der Waals surface area contributed by atoms with Crippen molar-refractivity contribution in [2.24, 2.45) is 0 Å². The number of hydrogen-bond donors (Lipinski definition) is 2. The fourth-order valence-corrected chi connectivity index (χ4v) is 3.09. The Morgan fingerprint density at radius 3 is 2.52 bits per heavy atom. The molecule has 7 heteroatoms. The fraction of sp³-hybridized carbons (Fsp3) is 0.500. The second-order valence-electron chi connectivity index (χ2n) is 4.69. The van der Waals surface area contributed by atoms with Gasteiger partial charge in [0.05, 0.1) is 11.3 Å². The lowest BCUT2D eigenvalue weighted by Gasteiger charge is -2.18. The molecule has 0 amide bonds. The number of carbonyl (C=O) groups is 1. The van der Waals surface area contributed by atoms with Gasteiger partial charge in [0, 0.05) is 13.1 Å². The van der Waals surface area contributed by atoms with Gasteiger partial charge in [0.25, 0.3) is 0 Å². The fourth-order valence-electron chi connectivity index (χ4n) is 1.96. The first-order valence-corrected chi connectivity index (χ1v) is 8.55. The average Bonchev–Trinajstić information content (AvgIpc) is 2.43. The summed E-state index contributed by atoms with van der Waals surface area (Å²) >= 11 is 0. The Hall–Kier alpha value is -1.44. The normalized spacial score (nSPS) is 11.8. The van der Waals surface area contributed by atoms with Crippen molar-refractivity contribution < 1.29 is 18.3 Å². The third kappa shape index (κ3) is 6.24. The average molecular weight is 314 g/mol. The van der Waals surface area contributed by atoms with Gasteiger partial charge < -0.3 is 10.0 Å². The lowest BCUT2D eigenvalue weighted by Crippen LogP contribution is -2.35. The first kappa shape index (κ1) is 17.6. The molecule has 0 bridgehead atoms. The highest BCUT2D eigenvalue weighted by Gasteiger charge is 2.13. The molecule has 0 unspecified atom stereocenters. The van der Waals surface area contributed by atoms with Gasteiger partial charge in [-0.25, -0.2) is 17.9 Å². The van der Waals surface area contributed by atoms with Gasteiger partial charge in [0.1, 0.15) is 0 Å². The molecule has 0 aromatic heterocycles. The van der Waals surface area contributed by atoms with Gasteiger partial charge >= 0.3 is 5.97 Å². The molecule has 0 saturated heterocycles. The zero-order valence-corrected chi connectivity index (χ0v) is 13.2. The quantitative estimate of drug-likeness (QED) is 0.714. The Morgan fingerprint density at radius 1 is 1.29 bits per heavy atom. The molecule has 0 saturated carbocycles. The van der Waals surface area contributed by atoms with Crippen LogP contribution in [0, 0.1) is 0 Å². The maximum absolute atomic E-state index is 12.0. The van der Waals surface area contributed by atoms with E-state index in [0.29, 0.717) is 18.7 Å². The molecule has 0 aliphatic heterocycles. The smallest absolute Gasteiger partial charge is 0.335 e. The number of likely N-dealkylation sites (N-methyl/N-ethyl adjacent to an activating group) is 1. The minimum absolute atomic E-state index is 0.0887. The maximum Gasteiger partial charge on any atom is 0.335 e. The van der Waals surface area contributed by atoms with Crippen LogP contribution in [0.3, 0.4) is 0 Å². The Kier molecular flexibility index (Phi) is 6.80. The summed E-state index contributed by atoms with van der Waals surface area (Å²) in [6.45, 7) is 6.80. The third-order valence-electron chi connectivity index (χ3n) is 3.18. The number of rotatable bonds is 9. The zero-order chi connectivity index (χ0) is 15.9. The van der Waals surface area contributed by atoms with Crippen LogP contribution in [0.15, 0.2) is 24.3 Å². The second-order valence-corrected chi connectivity index (χ2v) is 6.49. The van der Waals surface area contributed by atoms with Crippen molar-refractivity contribution in [3.8, 4) is 0 Å². The summed E-state index contributed by atoms with van der Waals surface area (Å²) < 4.78 is 26.5. The first-order chi connectivity index (χ1) is 9.88. The number of carboxylic acids is 1. The van der Waals surface area contributed by atoms with E-state index in [2.05, 4.69) is 9.62 Å². The summed E-state index contributed by atoms with van der Waals surface area (Å²) in [5.41, 5.74) is 0.552. The number of sulfonamides is 1. The monoisotopic (exact) mass is 314 g/mol. The molecule has 6 nitrogen and oxygen atoms in total. The number of aromatic carboxylic acids is 1. The van der Waals surface area contributed by atoms with E-state index in [4.69, 9.17) is 5.11 Å². The van der Waals surface area contributed by atoms with Crippen LogP contribution >= 0.6 is 0 Å². The van der Waals surface area contributed by atoms with Crippen molar-refractivity contribution in [2.45, 2.75) is 19.6 Å². The molecule has 1 aromatic carbocycles. The third-order valence-corrected chi connectivity index (χ3v) is 4.53. The van der Waals surface area contributed by atoms with E-state index in [9.17, 15) is 13.2 Å². The van der Waals surface area contributed by atoms with Crippen molar-refractivity contribution in [1.82, 2.24) is 9.62 Å². The summed E-state index contributed by atoms with van der Waals surface area (Å²) in [6.07, 6.45) is 0. The molecule has 0 radical (unpaired) electrons. The number of nitrogens with zero attached hydrogens (tertiary/aromatic N) is 1. The minimum Gasteiger partial charge on any atom is -0.478 e. The van der Waals surface area contributed by atoms with Crippen LogP contribution in [0.1, 0.15) is 29.8 Å². The topological polar surface area (TPSA) is 86.7 Å². The van der Waals surface area contributed by atoms with E-state index in [0.717, 1.165) is 13.1 Å². The van der Waals surface area contributed by atoms with Gasteiger partial charge in [-0.3, -0.25) is 0 Å². The van der Waals surface area contributed by atoms with Gasteiger partial charge in [-0.15, -0.1) is 0 Å². The Bertz CT molecular complexity index is 568. The van der Waals surface area contributed by atoms with E-state index < -0.39 is 16.0 Å². The molecule has 21 heavy (non-hydrogen) atoms. The standard InChI is InChI=1S/C14H22N2O4S/c1-3-16(4-2)9-8-15-21(19,20)11-12-6-5-7-13(10-12)14(17)18/h5-7,10,15H,3-4,8-9,11H2,1-2H3,(H,17,18). The van der Waals surface area contributed by atoms with E-state index >= 15 is 0 Å². The predicted molar refractivity (Wildman–Crippen MR) is 81.8 cm³/mol. The molecule has 0 heterocycles. The number of carboxylic acid groups (broad SMARTS) is 1. The van der Waals surface area contributed by atoms with Crippen molar-refractivity contribution in [1.29, 1.82) is 0 Å². The van der Waals surface area contributed by atoms with Crippen LogP contribution in [-0.4, -0.2) is 50.6 Å². The van der Waals surface area contributed by atoms with Crippen molar-refractivity contribution in [3.63, 3.8) is 0 Å². The Morgan fingerprint density at radius 2 is 1.95 bits per heavy atom. The maximum atomic E-state index is 12.0. The molecule has 0 fully saturated rings. The molecular formula is C14H22N2O4S. The van der Waals surface area contributed by atoms with Crippen LogP contribution in [0.4, 0.5) is 0 Å². The molecule has 1 rings (SSSR count). The predicted octanol–water partition coefficient (Wildman–Crippen LogP) is 1.15. The molecule has 2 N–H and O–H groups in total. The van der Waals surface area contributed by atoms with Crippen LogP contribution in [0.2, 0.25) is 0 Å². The van der Waals surface area contributed by atoms with E-state index in [1.807, 2.05) is 13.8 Å². The summed E-state index contributed by atoms with van der Waals surface area (Å²) in [4.78, 5) is 13.0. The molecule has 0 aliphatic rings. The Balaban J connectivity index is 2.60. The first-order valence-electron chi connectivity index (χ1n) is 6.90. The van der Waals surface area contributed by atoms with E-state index in [-0.39, 0.29) is 11.3 Å². The summed E-state index contributed by atoms with van der Waals surface area (Å²) in [6, 6.07) is 5.97. The number of benzene rings is 1. The second kappa shape index (κ2) is 8.11. The largest absolute Gasteiger partial charge is 0.478 e. The van der Waals surface area contributed by atoms with Crippen molar-refractivity contribution in [3.05, 3.63) is 35.4 Å². The van der Waals surface area contributed by atoms with Gasteiger partial charge in [0.2, 0.25) is 10.0 Å². The lowest BCUT2D eigenvalue weighted by molar-refractivity contribution is 0.0696. The summed E-state index contributed by atoms with van der Waals surface area (Å²) in [5, 5.41) is 8.89. The van der Waals surface area contributed by atoms with Crippen molar-refractivity contribution in [2.75, 3.05) is 26.2 Å². The molecule has 1 aromatic rings. The SMILES string of the molecule is CCN(CC)CCNS(=O)(=O)Cc1cccc(C(=O)O)c1. The highest BCUT2D eigenvalue weighted by molar-refractivity contribution is 7.88. The molecular weight excluding hydrogens is 292 g/mol. The number of hydrogen-bond acceptors (Lipinski definition) is 4. The van der Waals surface area contributed by atoms with Crippen molar-refractivity contribution >= 4 is 16.0 Å². The highest BCUT2D eigenvalue weighted by atomic mass is 32.2. The van der Waals surface area contributed by atoms with Gasteiger partial charge in [-0.1, -0.05) is 26.0 Å². The summed E-state index contributed by atoms with van der Waals surface area (Å²) in [7, 11) is -3.46.